The first-order valence-electron chi connectivity index (χ1n) is 12.3. The summed E-state index contributed by atoms with van der Waals surface area (Å²) >= 11 is 0. The standard InChI is InChI=1S/C27H27F2N7O3/c1-16(2)33-22-11-19(7-8-20(22)13-31)24-34-26(39-35-24)21-9-10-36(15-27(21,28)29)23(37)14-32-25(38)18-5-3-17(12-30)4-6-18/h3-8,11,13,16,21,31,33H,9-10,14-15H2,1-2H3,(H,32,38). The maximum absolute atomic E-state index is 15.1. The molecule has 12 heteroatoms. The van der Waals surface area contributed by atoms with Gasteiger partial charge in [-0.15, -0.1) is 0 Å². The number of amides is 2. The number of rotatable bonds is 8. The molecule has 2 aromatic carbocycles. The molecule has 2 amide bonds. The molecule has 3 aromatic rings. The predicted molar refractivity (Wildman–Crippen MR) is 139 cm³/mol. The fourth-order valence-electron chi connectivity index (χ4n) is 4.27. The SMILES string of the molecule is CC(C)Nc1cc(-c2noc(C3CCN(C(=O)CNC(=O)c4ccc(C#N)cc4)CC3(F)F)n2)ccc1C=N. The van der Waals surface area contributed by atoms with E-state index in [1.54, 1.807) is 18.2 Å². The van der Waals surface area contributed by atoms with Crippen molar-refractivity contribution in [2.24, 2.45) is 0 Å². The number of hydrogen-bond acceptors (Lipinski definition) is 8. The minimum atomic E-state index is -3.33. The Morgan fingerprint density at radius 2 is 2.03 bits per heavy atom. The third-order valence-corrected chi connectivity index (χ3v) is 6.28. The van der Waals surface area contributed by atoms with Crippen LogP contribution in [0.15, 0.2) is 47.0 Å². The summed E-state index contributed by atoms with van der Waals surface area (Å²) in [6.07, 6.45) is 1.11. The highest BCUT2D eigenvalue weighted by molar-refractivity contribution is 5.96. The molecule has 2 heterocycles. The lowest BCUT2D eigenvalue weighted by atomic mass is 9.92. The smallest absolute Gasteiger partial charge is 0.276 e. The lowest BCUT2D eigenvalue weighted by Gasteiger charge is -2.36. The van der Waals surface area contributed by atoms with Gasteiger partial charge in [0.1, 0.15) is 5.92 Å². The number of carbonyl (C=O) groups is 2. The molecule has 10 nitrogen and oxygen atoms in total. The van der Waals surface area contributed by atoms with Gasteiger partial charge >= 0.3 is 0 Å². The predicted octanol–water partition coefficient (Wildman–Crippen LogP) is 3.81. The second kappa shape index (κ2) is 11.4. The van der Waals surface area contributed by atoms with Crippen LogP contribution in [0, 0.1) is 16.7 Å². The maximum Gasteiger partial charge on any atom is 0.276 e. The first-order valence-corrected chi connectivity index (χ1v) is 12.3. The Balaban J connectivity index is 1.39. The van der Waals surface area contributed by atoms with Gasteiger partial charge in [0.25, 0.3) is 11.8 Å². The van der Waals surface area contributed by atoms with Crippen LogP contribution >= 0.6 is 0 Å². The van der Waals surface area contributed by atoms with Gasteiger partial charge in [0.15, 0.2) is 0 Å². The lowest BCUT2D eigenvalue weighted by Crippen LogP contribution is -2.52. The highest BCUT2D eigenvalue weighted by Gasteiger charge is 2.49. The second-order valence-electron chi connectivity index (χ2n) is 9.49. The van der Waals surface area contributed by atoms with E-state index in [4.69, 9.17) is 15.2 Å². The van der Waals surface area contributed by atoms with Crippen LogP contribution in [0.5, 0.6) is 0 Å². The molecule has 1 fully saturated rings. The summed E-state index contributed by atoms with van der Waals surface area (Å²) in [6, 6.07) is 13.0. The van der Waals surface area contributed by atoms with E-state index in [2.05, 4.69) is 20.8 Å². The van der Waals surface area contributed by atoms with Crippen LogP contribution in [0.4, 0.5) is 14.5 Å². The van der Waals surface area contributed by atoms with Crippen molar-refractivity contribution < 1.29 is 22.9 Å². The van der Waals surface area contributed by atoms with Crippen LogP contribution in [0.25, 0.3) is 11.4 Å². The topological polar surface area (TPSA) is 148 Å². The number of hydrogen-bond donors (Lipinski definition) is 3. The molecular weight excluding hydrogens is 508 g/mol. The fraction of sp³-hybridized carbons (Fsp3) is 0.333. The number of benzene rings is 2. The average Bonchev–Trinajstić information content (AvgIpc) is 3.40. The second-order valence-corrected chi connectivity index (χ2v) is 9.49. The normalized spacial score (nSPS) is 16.4. The van der Waals surface area contributed by atoms with Gasteiger partial charge < -0.3 is 25.5 Å². The van der Waals surface area contributed by atoms with Gasteiger partial charge in [-0.1, -0.05) is 17.3 Å². The van der Waals surface area contributed by atoms with Crippen LogP contribution in [0.2, 0.25) is 0 Å². The molecule has 0 aliphatic carbocycles. The number of piperidine rings is 1. The van der Waals surface area contributed by atoms with Crippen molar-refractivity contribution in [2.45, 2.75) is 38.2 Å². The van der Waals surface area contributed by atoms with Crippen molar-refractivity contribution in [3.8, 4) is 17.5 Å². The number of nitrogens with one attached hydrogen (secondary N) is 3. The Kier molecular flexibility index (Phi) is 7.99. The largest absolute Gasteiger partial charge is 0.382 e. The molecule has 39 heavy (non-hydrogen) atoms. The van der Waals surface area contributed by atoms with E-state index >= 15 is 8.78 Å². The Hall–Kier alpha value is -4.66. The molecule has 1 unspecified atom stereocenters. The van der Waals surface area contributed by atoms with Gasteiger partial charge in [0.05, 0.1) is 24.7 Å². The summed E-state index contributed by atoms with van der Waals surface area (Å²) in [5.74, 6) is -5.96. The van der Waals surface area contributed by atoms with Crippen LogP contribution in [0.3, 0.4) is 0 Å². The van der Waals surface area contributed by atoms with E-state index in [0.29, 0.717) is 22.4 Å². The number of carbonyl (C=O) groups excluding carboxylic acids is 2. The Morgan fingerprint density at radius 3 is 2.67 bits per heavy atom. The summed E-state index contributed by atoms with van der Waals surface area (Å²) in [7, 11) is 0. The molecule has 0 spiro atoms. The summed E-state index contributed by atoms with van der Waals surface area (Å²) < 4.78 is 35.5. The maximum atomic E-state index is 15.1. The number of aromatic nitrogens is 2. The first kappa shape index (κ1) is 27.4. The molecule has 4 rings (SSSR count). The molecule has 3 N–H and O–H groups in total. The van der Waals surface area contributed by atoms with E-state index in [9.17, 15) is 9.59 Å². The van der Waals surface area contributed by atoms with E-state index in [1.165, 1.54) is 30.5 Å². The molecule has 0 bridgehead atoms. The summed E-state index contributed by atoms with van der Waals surface area (Å²) in [4.78, 5) is 30.1. The van der Waals surface area contributed by atoms with Gasteiger partial charge in [0.2, 0.25) is 17.6 Å². The number of anilines is 1. The van der Waals surface area contributed by atoms with Gasteiger partial charge in [-0.3, -0.25) is 9.59 Å². The van der Waals surface area contributed by atoms with Crippen molar-refractivity contribution in [3.63, 3.8) is 0 Å². The fourth-order valence-corrected chi connectivity index (χ4v) is 4.27. The van der Waals surface area contributed by atoms with Gasteiger partial charge in [-0.25, -0.2) is 8.78 Å². The quantitative estimate of drug-likeness (QED) is 0.372. The van der Waals surface area contributed by atoms with Crippen molar-refractivity contribution in [1.82, 2.24) is 20.4 Å². The monoisotopic (exact) mass is 535 g/mol. The van der Waals surface area contributed by atoms with E-state index in [-0.39, 0.29) is 36.3 Å². The van der Waals surface area contributed by atoms with Crippen molar-refractivity contribution in [3.05, 3.63) is 65.0 Å². The molecule has 1 aromatic heterocycles. The Morgan fingerprint density at radius 1 is 1.28 bits per heavy atom. The van der Waals surface area contributed by atoms with Crippen LogP contribution < -0.4 is 10.6 Å². The molecule has 1 saturated heterocycles. The van der Waals surface area contributed by atoms with Gasteiger partial charge in [0, 0.05) is 41.2 Å². The molecule has 1 atom stereocenters. The van der Waals surface area contributed by atoms with Gasteiger partial charge in [-0.2, -0.15) is 10.2 Å². The number of likely N-dealkylation sites (tertiary alicyclic amines) is 1. The summed E-state index contributed by atoms with van der Waals surface area (Å²) in [6.45, 7) is 2.64. The third-order valence-electron chi connectivity index (χ3n) is 6.28. The molecule has 202 valence electrons. The Bertz CT molecular complexity index is 1410. The van der Waals surface area contributed by atoms with Crippen molar-refractivity contribution >= 4 is 23.7 Å². The van der Waals surface area contributed by atoms with E-state index < -0.39 is 36.7 Å². The van der Waals surface area contributed by atoms with E-state index in [0.717, 1.165) is 4.90 Å². The average molecular weight is 536 g/mol. The lowest BCUT2D eigenvalue weighted by molar-refractivity contribution is -0.144. The minimum Gasteiger partial charge on any atom is -0.382 e. The van der Waals surface area contributed by atoms with Crippen molar-refractivity contribution in [2.75, 3.05) is 25.0 Å². The highest BCUT2D eigenvalue weighted by atomic mass is 19.3. The van der Waals surface area contributed by atoms with Crippen LogP contribution in [-0.4, -0.2) is 64.7 Å². The zero-order valence-electron chi connectivity index (χ0n) is 21.4. The molecule has 0 radical (unpaired) electrons. The first-order chi connectivity index (χ1) is 18.6. The number of nitriles is 1. The molecular formula is C27H27F2N7O3. The Labute approximate surface area is 223 Å². The zero-order valence-corrected chi connectivity index (χ0v) is 21.4. The number of halogens is 2. The zero-order chi connectivity index (χ0) is 28.2. The third kappa shape index (κ3) is 6.26. The van der Waals surface area contributed by atoms with Crippen molar-refractivity contribution in [1.29, 1.82) is 10.7 Å². The molecule has 1 aliphatic heterocycles. The minimum absolute atomic E-state index is 0.0278. The molecule has 1 aliphatic rings. The van der Waals surface area contributed by atoms with Crippen LogP contribution in [0.1, 0.15) is 53.6 Å². The summed E-state index contributed by atoms with van der Waals surface area (Å²) in [5, 5.41) is 26.0. The van der Waals surface area contributed by atoms with Crippen LogP contribution in [-0.2, 0) is 4.79 Å². The molecule has 0 saturated carbocycles. The highest BCUT2D eigenvalue weighted by Crippen LogP contribution is 2.40. The number of nitrogens with zero attached hydrogens (tertiary/aromatic N) is 4. The summed E-state index contributed by atoms with van der Waals surface area (Å²) in [5.41, 5.74) is 2.53. The van der Waals surface area contributed by atoms with Gasteiger partial charge in [-0.05, 0) is 50.6 Å². The van der Waals surface area contributed by atoms with E-state index in [1.807, 2.05) is 19.9 Å². The number of alkyl halides is 2.